The van der Waals surface area contributed by atoms with Crippen LogP contribution < -0.4 is 5.32 Å². The first kappa shape index (κ1) is 12.8. The fraction of sp³-hybridized carbons (Fsp3) is 0.857. The second kappa shape index (κ2) is 5.16. The maximum Gasteiger partial charge on any atom is 0.0100 e. The molecule has 2 unspecified atom stereocenters. The van der Waals surface area contributed by atoms with Crippen LogP contribution in [0.4, 0.5) is 0 Å². The van der Waals surface area contributed by atoms with E-state index in [0.29, 0.717) is 11.5 Å². The summed E-state index contributed by atoms with van der Waals surface area (Å²) in [4.78, 5) is 0. The van der Waals surface area contributed by atoms with Gasteiger partial charge in [0, 0.05) is 6.04 Å². The molecular weight excluding hydrogens is 182 g/mol. The molecule has 0 spiro atoms. The van der Waals surface area contributed by atoms with E-state index in [4.69, 9.17) is 0 Å². The molecule has 0 aliphatic heterocycles. The monoisotopic (exact) mass is 209 g/mol. The minimum atomic E-state index is 0.531. The summed E-state index contributed by atoms with van der Waals surface area (Å²) in [6.45, 7) is 11.0. The van der Waals surface area contributed by atoms with Gasteiger partial charge in [-0.15, -0.1) is 6.58 Å². The molecule has 0 aromatic heterocycles. The molecule has 0 radical (unpaired) electrons. The van der Waals surface area contributed by atoms with E-state index in [2.05, 4.69) is 39.7 Å². The van der Waals surface area contributed by atoms with Gasteiger partial charge in [-0.05, 0) is 51.0 Å². The highest BCUT2D eigenvalue weighted by Gasteiger charge is 2.38. The average molecular weight is 209 g/mol. The topological polar surface area (TPSA) is 12.0 Å². The smallest absolute Gasteiger partial charge is 0.0100 e. The maximum absolute atomic E-state index is 4.00. The predicted octanol–water partition coefficient (Wildman–Crippen LogP) is 3.76. The Labute approximate surface area is 95.3 Å². The Morgan fingerprint density at radius 3 is 2.60 bits per heavy atom. The minimum absolute atomic E-state index is 0.531. The molecule has 1 heteroatoms. The lowest BCUT2D eigenvalue weighted by molar-refractivity contribution is 0.196. The standard InChI is InChI=1S/C14H27N/c1-11(2)8-9-13(15-5)12-7-6-10-14(12,3)4/h12-13,15H,1,6-10H2,2-5H3. The molecule has 1 N–H and O–H groups in total. The van der Waals surface area contributed by atoms with Crippen LogP contribution in [-0.4, -0.2) is 13.1 Å². The Morgan fingerprint density at radius 2 is 2.20 bits per heavy atom. The third-order valence-electron chi connectivity index (χ3n) is 4.08. The van der Waals surface area contributed by atoms with Gasteiger partial charge >= 0.3 is 0 Å². The molecule has 0 aromatic carbocycles. The van der Waals surface area contributed by atoms with Crippen LogP contribution in [0.15, 0.2) is 12.2 Å². The third kappa shape index (κ3) is 3.34. The van der Waals surface area contributed by atoms with Crippen molar-refractivity contribution in [2.75, 3.05) is 7.05 Å². The molecule has 15 heavy (non-hydrogen) atoms. The lowest BCUT2D eigenvalue weighted by Crippen LogP contribution is -2.38. The highest BCUT2D eigenvalue weighted by atomic mass is 14.9. The van der Waals surface area contributed by atoms with Crippen molar-refractivity contribution < 1.29 is 0 Å². The Bertz CT molecular complexity index is 217. The van der Waals surface area contributed by atoms with E-state index in [1.165, 1.54) is 31.3 Å². The van der Waals surface area contributed by atoms with Crippen molar-refractivity contribution in [3.8, 4) is 0 Å². The Balaban J connectivity index is 2.54. The van der Waals surface area contributed by atoms with Gasteiger partial charge in [-0.2, -0.15) is 0 Å². The largest absolute Gasteiger partial charge is 0.317 e. The van der Waals surface area contributed by atoms with Gasteiger partial charge in [-0.25, -0.2) is 0 Å². The highest BCUT2D eigenvalue weighted by molar-refractivity contribution is 4.95. The van der Waals surface area contributed by atoms with E-state index in [1.807, 2.05) is 0 Å². The van der Waals surface area contributed by atoms with Crippen molar-refractivity contribution in [3.63, 3.8) is 0 Å². The van der Waals surface area contributed by atoms with Gasteiger partial charge in [0.2, 0.25) is 0 Å². The lowest BCUT2D eigenvalue weighted by Gasteiger charge is -2.34. The van der Waals surface area contributed by atoms with Crippen LogP contribution in [0.3, 0.4) is 0 Å². The van der Waals surface area contributed by atoms with Crippen molar-refractivity contribution in [1.29, 1.82) is 0 Å². The number of hydrogen-bond acceptors (Lipinski definition) is 1. The molecule has 1 fully saturated rings. The molecule has 1 rings (SSSR count). The van der Waals surface area contributed by atoms with Crippen LogP contribution in [0.25, 0.3) is 0 Å². The van der Waals surface area contributed by atoms with Crippen molar-refractivity contribution >= 4 is 0 Å². The number of hydrogen-bond donors (Lipinski definition) is 1. The summed E-state index contributed by atoms with van der Waals surface area (Å²) in [6.07, 6.45) is 6.61. The quantitative estimate of drug-likeness (QED) is 0.680. The molecule has 0 amide bonds. The van der Waals surface area contributed by atoms with Crippen LogP contribution in [-0.2, 0) is 0 Å². The fourth-order valence-corrected chi connectivity index (χ4v) is 3.05. The maximum atomic E-state index is 4.00. The van der Waals surface area contributed by atoms with Gasteiger partial charge in [0.1, 0.15) is 0 Å². The van der Waals surface area contributed by atoms with Crippen LogP contribution in [0.5, 0.6) is 0 Å². The third-order valence-corrected chi connectivity index (χ3v) is 4.08. The highest BCUT2D eigenvalue weighted by Crippen LogP contribution is 2.45. The minimum Gasteiger partial charge on any atom is -0.317 e. The summed E-state index contributed by atoms with van der Waals surface area (Å²) in [5.74, 6) is 0.849. The molecule has 0 bridgehead atoms. The molecule has 1 nitrogen and oxygen atoms in total. The Hall–Kier alpha value is -0.300. The summed E-state index contributed by atoms with van der Waals surface area (Å²) < 4.78 is 0. The average Bonchev–Trinajstić information content (AvgIpc) is 2.47. The van der Waals surface area contributed by atoms with Crippen LogP contribution >= 0.6 is 0 Å². The first-order chi connectivity index (χ1) is 6.97. The summed E-state index contributed by atoms with van der Waals surface area (Å²) in [6, 6.07) is 0.680. The van der Waals surface area contributed by atoms with Gasteiger partial charge in [-0.1, -0.05) is 25.8 Å². The fourth-order valence-electron chi connectivity index (χ4n) is 3.05. The van der Waals surface area contributed by atoms with Crippen molar-refractivity contribution in [3.05, 3.63) is 12.2 Å². The first-order valence-corrected chi connectivity index (χ1v) is 6.29. The zero-order valence-electron chi connectivity index (χ0n) is 10.9. The van der Waals surface area contributed by atoms with Crippen molar-refractivity contribution in [2.24, 2.45) is 11.3 Å². The summed E-state index contributed by atoms with van der Waals surface area (Å²) in [5, 5.41) is 3.51. The molecule has 88 valence electrons. The normalized spacial score (nSPS) is 26.5. The Morgan fingerprint density at radius 1 is 1.53 bits per heavy atom. The number of allylic oxidation sites excluding steroid dienone is 1. The lowest BCUT2D eigenvalue weighted by atomic mass is 9.76. The van der Waals surface area contributed by atoms with Crippen molar-refractivity contribution in [1.82, 2.24) is 5.32 Å². The van der Waals surface area contributed by atoms with Crippen LogP contribution in [0.2, 0.25) is 0 Å². The SMILES string of the molecule is C=C(C)CCC(NC)C1CCCC1(C)C. The number of rotatable bonds is 5. The molecule has 1 saturated carbocycles. The summed E-state index contributed by atoms with van der Waals surface area (Å²) >= 11 is 0. The van der Waals surface area contributed by atoms with E-state index in [9.17, 15) is 0 Å². The predicted molar refractivity (Wildman–Crippen MR) is 68.0 cm³/mol. The molecule has 0 heterocycles. The molecule has 2 atom stereocenters. The van der Waals surface area contributed by atoms with E-state index >= 15 is 0 Å². The molecule has 1 aliphatic rings. The van der Waals surface area contributed by atoms with Crippen molar-refractivity contribution in [2.45, 2.75) is 58.9 Å². The van der Waals surface area contributed by atoms with Gasteiger partial charge < -0.3 is 5.32 Å². The van der Waals surface area contributed by atoms with Gasteiger partial charge in [0.25, 0.3) is 0 Å². The second-order valence-corrected chi connectivity index (χ2v) is 5.88. The molecule has 0 saturated heterocycles. The van der Waals surface area contributed by atoms with E-state index in [0.717, 1.165) is 12.3 Å². The van der Waals surface area contributed by atoms with Gasteiger partial charge in [-0.3, -0.25) is 0 Å². The number of nitrogens with one attached hydrogen (secondary N) is 1. The van der Waals surface area contributed by atoms with Gasteiger partial charge in [0.15, 0.2) is 0 Å². The summed E-state index contributed by atoms with van der Waals surface area (Å²) in [7, 11) is 2.11. The molecule has 0 aromatic rings. The van der Waals surface area contributed by atoms with E-state index in [-0.39, 0.29) is 0 Å². The second-order valence-electron chi connectivity index (χ2n) is 5.88. The zero-order chi connectivity index (χ0) is 11.5. The Kier molecular flexibility index (Phi) is 4.39. The van der Waals surface area contributed by atoms with E-state index < -0.39 is 0 Å². The first-order valence-electron chi connectivity index (χ1n) is 6.29. The van der Waals surface area contributed by atoms with Crippen LogP contribution in [0, 0.1) is 11.3 Å². The zero-order valence-corrected chi connectivity index (χ0v) is 10.9. The molecular formula is C14H27N. The summed E-state index contributed by atoms with van der Waals surface area (Å²) in [5.41, 5.74) is 1.84. The molecule has 1 aliphatic carbocycles. The van der Waals surface area contributed by atoms with E-state index in [1.54, 1.807) is 0 Å². The van der Waals surface area contributed by atoms with Crippen LogP contribution in [0.1, 0.15) is 52.9 Å². The van der Waals surface area contributed by atoms with Gasteiger partial charge in [0.05, 0.1) is 0 Å².